The Hall–Kier alpha value is -2.22. The van der Waals surface area contributed by atoms with Crippen molar-refractivity contribution < 1.29 is 0 Å². The van der Waals surface area contributed by atoms with Crippen LogP contribution in [-0.4, -0.2) is 18.0 Å². The molecule has 0 bridgehead atoms. The monoisotopic (exact) mass is 352 g/mol. The fourth-order valence-corrected chi connectivity index (χ4v) is 3.12. The molecule has 0 aliphatic carbocycles. The summed E-state index contributed by atoms with van der Waals surface area (Å²) in [4.78, 5) is 4.61. The molecule has 1 aromatic rings. The number of aryl methyl sites for hydroxylation is 2. The molecule has 0 aliphatic rings. The summed E-state index contributed by atoms with van der Waals surface area (Å²) < 4.78 is 0. The molecule has 0 radical (unpaired) electrons. The summed E-state index contributed by atoms with van der Waals surface area (Å²) in [5.74, 6) is 1.01. The van der Waals surface area contributed by atoms with Crippen molar-refractivity contribution in [1.82, 2.24) is 4.90 Å². The number of allylic oxidation sites excluding steroid dienone is 5. The van der Waals surface area contributed by atoms with Gasteiger partial charge in [0.1, 0.15) is 5.82 Å². The highest BCUT2D eigenvalue weighted by Crippen LogP contribution is 2.31. The minimum Gasteiger partial charge on any atom is -0.335 e. The first kappa shape index (κ1) is 21.8. The maximum absolute atomic E-state index is 4.47. The molecule has 0 heterocycles. The largest absolute Gasteiger partial charge is 0.335 e. The van der Waals surface area contributed by atoms with E-state index < -0.39 is 0 Å². The highest BCUT2D eigenvalue weighted by molar-refractivity contribution is 5.59. The third-order valence-corrected chi connectivity index (χ3v) is 4.86. The van der Waals surface area contributed by atoms with Gasteiger partial charge >= 0.3 is 0 Å². The molecule has 142 valence electrons. The Morgan fingerprint density at radius 2 is 1.88 bits per heavy atom. The van der Waals surface area contributed by atoms with E-state index in [1.54, 1.807) is 6.08 Å². The van der Waals surface area contributed by atoms with E-state index in [2.05, 4.69) is 88.9 Å². The van der Waals surface area contributed by atoms with Crippen molar-refractivity contribution in [2.45, 2.75) is 59.9 Å². The first-order valence-electron chi connectivity index (χ1n) is 9.62. The zero-order valence-corrected chi connectivity index (χ0v) is 17.5. The summed E-state index contributed by atoms with van der Waals surface area (Å²) in [7, 11) is 2.09. The lowest BCUT2D eigenvalue weighted by molar-refractivity contribution is 0.452. The fraction of sp³-hybridized carbons (Fsp3) is 0.417. The number of benzene rings is 1. The third-order valence-electron chi connectivity index (χ3n) is 4.86. The Morgan fingerprint density at radius 3 is 2.46 bits per heavy atom. The predicted molar refractivity (Wildman–Crippen MR) is 117 cm³/mol. The van der Waals surface area contributed by atoms with Crippen molar-refractivity contribution in [3.05, 3.63) is 78.3 Å². The van der Waals surface area contributed by atoms with Gasteiger partial charge in [0.25, 0.3) is 0 Å². The highest BCUT2D eigenvalue weighted by Gasteiger charge is 2.23. The van der Waals surface area contributed by atoms with Gasteiger partial charge < -0.3 is 9.80 Å². The first-order chi connectivity index (χ1) is 12.4. The van der Waals surface area contributed by atoms with Crippen LogP contribution < -0.4 is 4.90 Å². The normalized spacial score (nSPS) is 12.9. The van der Waals surface area contributed by atoms with Crippen molar-refractivity contribution in [3.63, 3.8) is 0 Å². The molecule has 0 fully saturated rings. The fourth-order valence-electron chi connectivity index (χ4n) is 3.12. The van der Waals surface area contributed by atoms with Crippen molar-refractivity contribution in [2.75, 3.05) is 11.9 Å². The first-order valence-corrected chi connectivity index (χ1v) is 9.62. The Bertz CT molecular complexity index is 667. The lowest BCUT2D eigenvalue weighted by Gasteiger charge is -2.40. The Kier molecular flexibility index (Phi) is 8.98. The molecule has 26 heavy (non-hydrogen) atoms. The second-order valence-electron chi connectivity index (χ2n) is 6.91. The average Bonchev–Trinajstić information content (AvgIpc) is 2.63. The van der Waals surface area contributed by atoms with Crippen LogP contribution >= 0.6 is 0 Å². The topological polar surface area (TPSA) is 6.48 Å². The number of hydrogen-bond acceptors (Lipinski definition) is 2. The van der Waals surface area contributed by atoms with Gasteiger partial charge in [-0.3, -0.25) is 0 Å². The summed E-state index contributed by atoms with van der Waals surface area (Å²) in [5.41, 5.74) is 4.97. The highest BCUT2D eigenvalue weighted by atomic mass is 15.3. The van der Waals surface area contributed by atoms with Crippen LogP contribution in [0.2, 0.25) is 0 Å². The smallest absolute Gasteiger partial charge is 0.105 e. The summed E-state index contributed by atoms with van der Waals surface area (Å²) in [6, 6.07) is 7.10. The molecule has 0 saturated carbocycles. The van der Waals surface area contributed by atoms with Crippen molar-refractivity contribution in [3.8, 4) is 0 Å². The minimum atomic E-state index is 0.437. The quantitative estimate of drug-likeness (QED) is 0.430. The number of nitrogens with zero attached hydrogens (tertiary/aromatic N) is 2. The third kappa shape index (κ3) is 5.66. The molecule has 0 aliphatic heterocycles. The van der Waals surface area contributed by atoms with E-state index in [9.17, 15) is 0 Å². The molecule has 0 spiro atoms. The van der Waals surface area contributed by atoms with E-state index >= 15 is 0 Å². The lowest BCUT2D eigenvalue weighted by atomic mass is 10.0. The van der Waals surface area contributed by atoms with Crippen LogP contribution in [0.4, 0.5) is 5.69 Å². The van der Waals surface area contributed by atoms with Gasteiger partial charge in [0.2, 0.25) is 0 Å². The van der Waals surface area contributed by atoms with Crippen LogP contribution in [0.25, 0.3) is 0 Å². The van der Waals surface area contributed by atoms with E-state index in [1.807, 2.05) is 12.2 Å². The second kappa shape index (κ2) is 10.7. The number of hydrogen-bond donors (Lipinski definition) is 0. The van der Waals surface area contributed by atoms with E-state index in [4.69, 9.17) is 0 Å². The standard InChI is InChI=1S/C24H36N2/c1-9-12-13-15-21(6)25(8)22(7)26(23(11-3)14-10-2)24-18-19(4)16-17-20(24)5/h9,12-13,15-18,23H,1,7,10-11,14H2,2-6,8H3/b13-12-,21-15+. The van der Waals surface area contributed by atoms with Crippen molar-refractivity contribution in [1.29, 1.82) is 0 Å². The van der Waals surface area contributed by atoms with Crippen LogP contribution in [-0.2, 0) is 0 Å². The molecule has 0 saturated heterocycles. The van der Waals surface area contributed by atoms with Crippen LogP contribution in [0.1, 0.15) is 51.2 Å². The summed E-state index contributed by atoms with van der Waals surface area (Å²) in [5, 5.41) is 0. The van der Waals surface area contributed by atoms with Gasteiger partial charge in [-0.2, -0.15) is 0 Å². The van der Waals surface area contributed by atoms with Gasteiger partial charge in [0.15, 0.2) is 0 Å². The Balaban J connectivity index is 3.33. The van der Waals surface area contributed by atoms with Gasteiger partial charge in [-0.05, 0) is 56.9 Å². The molecule has 0 aromatic heterocycles. The average molecular weight is 353 g/mol. The summed E-state index contributed by atoms with van der Waals surface area (Å²) >= 11 is 0. The minimum absolute atomic E-state index is 0.437. The van der Waals surface area contributed by atoms with Gasteiger partial charge in [-0.25, -0.2) is 0 Å². The molecule has 1 atom stereocenters. The molecule has 0 N–H and O–H groups in total. The van der Waals surface area contributed by atoms with Gasteiger partial charge in [-0.15, -0.1) is 0 Å². The molecular weight excluding hydrogens is 316 g/mol. The lowest BCUT2D eigenvalue weighted by Crippen LogP contribution is -2.40. The van der Waals surface area contributed by atoms with Crippen LogP contribution in [0.5, 0.6) is 0 Å². The van der Waals surface area contributed by atoms with E-state index in [0.717, 1.165) is 30.8 Å². The van der Waals surface area contributed by atoms with Gasteiger partial charge in [0, 0.05) is 24.5 Å². The Labute approximate surface area is 161 Å². The zero-order valence-electron chi connectivity index (χ0n) is 17.5. The molecule has 2 nitrogen and oxygen atoms in total. The van der Waals surface area contributed by atoms with Gasteiger partial charge in [-0.1, -0.05) is 63.8 Å². The van der Waals surface area contributed by atoms with Crippen molar-refractivity contribution >= 4 is 5.69 Å². The van der Waals surface area contributed by atoms with E-state index in [1.165, 1.54) is 16.8 Å². The zero-order chi connectivity index (χ0) is 19.7. The molecule has 1 rings (SSSR count). The molecule has 0 amide bonds. The van der Waals surface area contributed by atoms with Crippen LogP contribution in [0.15, 0.2) is 67.2 Å². The maximum Gasteiger partial charge on any atom is 0.105 e. The number of anilines is 1. The van der Waals surface area contributed by atoms with E-state index in [0.29, 0.717) is 6.04 Å². The molecular formula is C24H36N2. The Morgan fingerprint density at radius 1 is 1.19 bits per heavy atom. The van der Waals surface area contributed by atoms with Gasteiger partial charge in [0.05, 0.1) is 0 Å². The molecule has 1 aromatic carbocycles. The maximum atomic E-state index is 4.47. The molecule has 2 heteroatoms. The van der Waals surface area contributed by atoms with E-state index in [-0.39, 0.29) is 0 Å². The SMILES string of the molecule is C=C/C=C\C=C(/C)N(C)C(=C)N(c1cc(C)ccc1C)C(CC)CCC. The predicted octanol–water partition coefficient (Wildman–Crippen LogP) is 6.74. The number of rotatable bonds is 10. The second-order valence-corrected chi connectivity index (χ2v) is 6.91. The van der Waals surface area contributed by atoms with Crippen LogP contribution in [0.3, 0.4) is 0 Å². The summed E-state index contributed by atoms with van der Waals surface area (Å²) in [6.45, 7) is 19.2. The van der Waals surface area contributed by atoms with Crippen molar-refractivity contribution in [2.24, 2.45) is 0 Å². The molecule has 1 unspecified atom stereocenters. The van der Waals surface area contributed by atoms with Crippen LogP contribution in [0, 0.1) is 13.8 Å². The summed E-state index contributed by atoms with van der Waals surface area (Å²) in [6.07, 6.45) is 11.2.